The summed E-state index contributed by atoms with van der Waals surface area (Å²) in [5.41, 5.74) is 1.41. The number of hydrogen-bond acceptors (Lipinski definition) is 1. The molecule has 2 rings (SSSR count). The number of rotatable bonds is 2. The molecule has 11 heavy (non-hydrogen) atoms. The highest BCUT2D eigenvalue weighted by Crippen LogP contribution is 2.36. The molecule has 0 saturated heterocycles. The van der Waals surface area contributed by atoms with Crippen LogP contribution in [-0.4, -0.2) is 6.21 Å². The molecule has 0 aromatic heterocycles. The average molecular weight is 145 g/mol. The molecule has 0 saturated carbocycles. The first-order chi connectivity index (χ1) is 5.37. The molecule has 0 fully saturated rings. The van der Waals surface area contributed by atoms with Gasteiger partial charge in [0.25, 0.3) is 0 Å². The normalized spacial score (nSPS) is 27.0. The van der Waals surface area contributed by atoms with Crippen molar-refractivity contribution in [3.63, 3.8) is 0 Å². The van der Waals surface area contributed by atoms with Crippen LogP contribution in [0.2, 0.25) is 0 Å². The van der Waals surface area contributed by atoms with E-state index in [2.05, 4.69) is 36.2 Å². The molecule has 0 radical (unpaired) electrons. The fourth-order valence-electron chi connectivity index (χ4n) is 1.34. The zero-order valence-corrected chi connectivity index (χ0v) is 6.62. The van der Waals surface area contributed by atoms with Gasteiger partial charge in [-0.2, -0.15) is 0 Å². The monoisotopic (exact) mass is 145 g/mol. The summed E-state index contributed by atoms with van der Waals surface area (Å²) in [5.74, 6) is 0. The molecule has 1 heterocycles. The van der Waals surface area contributed by atoms with Crippen molar-refractivity contribution in [3.8, 4) is 0 Å². The fourth-order valence-corrected chi connectivity index (χ4v) is 1.34. The van der Waals surface area contributed by atoms with Gasteiger partial charge >= 0.3 is 0 Å². The first-order valence-corrected chi connectivity index (χ1v) is 3.99. The Kier molecular flexibility index (Phi) is 1.31. The van der Waals surface area contributed by atoms with Crippen LogP contribution in [0, 0.1) is 0 Å². The van der Waals surface area contributed by atoms with Crippen molar-refractivity contribution in [2.24, 2.45) is 4.99 Å². The van der Waals surface area contributed by atoms with E-state index in [1.54, 1.807) is 0 Å². The van der Waals surface area contributed by atoms with Gasteiger partial charge < -0.3 is 0 Å². The van der Waals surface area contributed by atoms with Gasteiger partial charge in [0.15, 0.2) is 0 Å². The van der Waals surface area contributed by atoms with Gasteiger partial charge in [0, 0.05) is 6.21 Å². The minimum Gasteiger partial charge on any atom is -0.277 e. The minimum atomic E-state index is 0.0846. The second kappa shape index (κ2) is 2.19. The van der Waals surface area contributed by atoms with E-state index >= 15 is 0 Å². The highest BCUT2D eigenvalue weighted by molar-refractivity contribution is 5.86. The lowest BCUT2D eigenvalue weighted by molar-refractivity contribution is 0.685. The summed E-state index contributed by atoms with van der Waals surface area (Å²) < 4.78 is 0. The number of aliphatic imine (C=N–C) groups is 1. The third-order valence-electron chi connectivity index (χ3n) is 2.25. The van der Waals surface area contributed by atoms with E-state index in [1.807, 2.05) is 12.3 Å². The number of benzene rings is 1. The van der Waals surface area contributed by atoms with Gasteiger partial charge in [0.05, 0.1) is 0 Å². The Morgan fingerprint density at radius 1 is 1.27 bits per heavy atom. The van der Waals surface area contributed by atoms with Crippen LogP contribution in [0.3, 0.4) is 0 Å². The molecular weight excluding hydrogens is 134 g/mol. The maximum Gasteiger partial charge on any atom is 0.120 e. The number of nitrogens with zero attached hydrogens (tertiary/aromatic N) is 1. The first kappa shape index (κ1) is 6.59. The Hall–Kier alpha value is -1.11. The standard InChI is InChI=1S/C10H11N/c1-2-10(8-11-10)9-6-4-3-5-7-9/h3-8H,2H2,1H3. The summed E-state index contributed by atoms with van der Waals surface area (Å²) >= 11 is 0. The van der Waals surface area contributed by atoms with E-state index in [9.17, 15) is 0 Å². The molecule has 0 bridgehead atoms. The lowest BCUT2D eigenvalue weighted by Gasteiger charge is -2.09. The zero-order chi connectivity index (χ0) is 7.73. The van der Waals surface area contributed by atoms with Gasteiger partial charge in [-0.1, -0.05) is 37.3 Å². The summed E-state index contributed by atoms with van der Waals surface area (Å²) in [5, 5.41) is 0. The second-order valence-electron chi connectivity index (χ2n) is 2.90. The van der Waals surface area contributed by atoms with Crippen LogP contribution in [0.4, 0.5) is 0 Å². The molecule has 1 aliphatic rings. The Labute approximate surface area is 66.8 Å². The molecule has 1 atom stereocenters. The van der Waals surface area contributed by atoms with Crippen LogP contribution < -0.4 is 0 Å². The predicted molar refractivity (Wildman–Crippen MR) is 46.9 cm³/mol. The Bertz CT molecular complexity index is 268. The Morgan fingerprint density at radius 3 is 2.36 bits per heavy atom. The highest BCUT2D eigenvalue weighted by Gasteiger charge is 2.35. The fraction of sp³-hybridized carbons (Fsp3) is 0.300. The van der Waals surface area contributed by atoms with E-state index in [-0.39, 0.29) is 5.54 Å². The van der Waals surface area contributed by atoms with Crippen LogP contribution >= 0.6 is 0 Å². The Balaban J connectivity index is 2.30. The van der Waals surface area contributed by atoms with Crippen LogP contribution in [0.1, 0.15) is 18.9 Å². The highest BCUT2D eigenvalue weighted by atomic mass is 15.0. The maximum absolute atomic E-state index is 4.30. The van der Waals surface area contributed by atoms with E-state index in [0.717, 1.165) is 6.42 Å². The molecule has 0 amide bonds. The van der Waals surface area contributed by atoms with Crippen LogP contribution in [-0.2, 0) is 5.54 Å². The molecule has 1 aromatic rings. The lowest BCUT2D eigenvalue weighted by Crippen LogP contribution is -2.08. The van der Waals surface area contributed by atoms with Crippen molar-refractivity contribution in [3.05, 3.63) is 35.9 Å². The van der Waals surface area contributed by atoms with Crippen molar-refractivity contribution in [2.75, 3.05) is 0 Å². The van der Waals surface area contributed by atoms with E-state index in [4.69, 9.17) is 0 Å². The first-order valence-electron chi connectivity index (χ1n) is 3.99. The van der Waals surface area contributed by atoms with Crippen molar-refractivity contribution in [1.29, 1.82) is 0 Å². The van der Waals surface area contributed by atoms with Gasteiger partial charge in [-0.3, -0.25) is 4.99 Å². The van der Waals surface area contributed by atoms with Crippen LogP contribution in [0.25, 0.3) is 0 Å². The van der Waals surface area contributed by atoms with Crippen molar-refractivity contribution in [1.82, 2.24) is 0 Å². The molecule has 0 aliphatic carbocycles. The number of hydrogen-bond donors (Lipinski definition) is 0. The van der Waals surface area contributed by atoms with Gasteiger partial charge in [-0.05, 0) is 12.0 Å². The molecule has 0 spiro atoms. The molecule has 1 unspecified atom stereocenters. The van der Waals surface area contributed by atoms with Crippen molar-refractivity contribution in [2.45, 2.75) is 18.9 Å². The van der Waals surface area contributed by atoms with Gasteiger partial charge in [0.2, 0.25) is 0 Å². The minimum absolute atomic E-state index is 0.0846. The van der Waals surface area contributed by atoms with Crippen LogP contribution in [0.15, 0.2) is 35.3 Å². The van der Waals surface area contributed by atoms with Crippen molar-refractivity contribution >= 4 is 6.21 Å². The molecular formula is C10H11N. The van der Waals surface area contributed by atoms with Gasteiger partial charge in [-0.25, -0.2) is 0 Å². The largest absolute Gasteiger partial charge is 0.277 e. The molecule has 1 aliphatic heterocycles. The summed E-state index contributed by atoms with van der Waals surface area (Å²) in [7, 11) is 0. The molecule has 0 N–H and O–H groups in total. The molecule has 1 aromatic carbocycles. The Morgan fingerprint density at radius 2 is 1.91 bits per heavy atom. The molecule has 1 heteroatoms. The summed E-state index contributed by atoms with van der Waals surface area (Å²) in [4.78, 5) is 4.30. The van der Waals surface area contributed by atoms with Gasteiger partial charge in [0.1, 0.15) is 5.54 Å². The third-order valence-corrected chi connectivity index (χ3v) is 2.25. The van der Waals surface area contributed by atoms with Crippen LogP contribution in [0.5, 0.6) is 0 Å². The zero-order valence-electron chi connectivity index (χ0n) is 6.62. The van der Waals surface area contributed by atoms with Crippen molar-refractivity contribution < 1.29 is 0 Å². The predicted octanol–water partition coefficient (Wildman–Crippen LogP) is 2.38. The maximum atomic E-state index is 4.30. The smallest absolute Gasteiger partial charge is 0.120 e. The van der Waals surface area contributed by atoms with E-state index < -0.39 is 0 Å². The quantitative estimate of drug-likeness (QED) is 0.606. The molecule has 56 valence electrons. The summed E-state index contributed by atoms with van der Waals surface area (Å²) in [6.45, 7) is 2.17. The summed E-state index contributed by atoms with van der Waals surface area (Å²) in [6, 6.07) is 10.4. The van der Waals surface area contributed by atoms with E-state index in [1.165, 1.54) is 5.56 Å². The topological polar surface area (TPSA) is 12.4 Å². The lowest BCUT2D eigenvalue weighted by atomic mass is 9.95. The van der Waals surface area contributed by atoms with Gasteiger partial charge in [-0.15, -0.1) is 0 Å². The summed E-state index contributed by atoms with van der Waals surface area (Å²) in [6.07, 6.45) is 3.11. The SMILES string of the molecule is CCC1(c2ccccc2)C=N1. The molecule has 1 nitrogen and oxygen atoms in total. The third kappa shape index (κ3) is 0.967. The van der Waals surface area contributed by atoms with E-state index in [0.29, 0.717) is 0 Å². The average Bonchev–Trinajstić information content (AvgIpc) is 2.86. The second-order valence-corrected chi connectivity index (χ2v) is 2.90.